The molecule has 0 N–H and O–H groups in total. The quantitative estimate of drug-likeness (QED) is 0.335. The van der Waals surface area contributed by atoms with Crippen molar-refractivity contribution in [1.82, 2.24) is 0 Å². The van der Waals surface area contributed by atoms with E-state index in [4.69, 9.17) is 0 Å². The van der Waals surface area contributed by atoms with Crippen molar-refractivity contribution < 1.29 is 9.59 Å². The van der Waals surface area contributed by atoms with Crippen molar-refractivity contribution in [1.29, 1.82) is 0 Å². The SMILES string of the molecule is BC(C)CC1=CC(=O)C(=O)C=C1. The molecule has 3 heteroatoms. The number of allylic oxidation sites excluding steroid dienone is 4. The minimum absolute atomic E-state index is 0.395. The summed E-state index contributed by atoms with van der Waals surface area (Å²) in [5.41, 5.74) is 0.953. The Morgan fingerprint density at radius 2 is 2.00 bits per heavy atom. The van der Waals surface area contributed by atoms with Crippen LogP contribution in [-0.4, -0.2) is 19.4 Å². The van der Waals surface area contributed by atoms with Gasteiger partial charge < -0.3 is 0 Å². The topological polar surface area (TPSA) is 34.1 Å². The Morgan fingerprint density at radius 1 is 1.33 bits per heavy atom. The maximum Gasteiger partial charge on any atom is 0.225 e. The van der Waals surface area contributed by atoms with Crippen molar-refractivity contribution in [3.05, 3.63) is 23.8 Å². The van der Waals surface area contributed by atoms with Gasteiger partial charge in [-0.15, -0.1) is 0 Å². The molecule has 0 aromatic carbocycles. The van der Waals surface area contributed by atoms with Gasteiger partial charge in [-0.25, -0.2) is 0 Å². The van der Waals surface area contributed by atoms with Gasteiger partial charge in [0.25, 0.3) is 0 Å². The summed E-state index contributed by atoms with van der Waals surface area (Å²) < 4.78 is 0. The molecule has 1 aliphatic carbocycles. The molecule has 1 aliphatic rings. The molecule has 12 heavy (non-hydrogen) atoms. The van der Waals surface area contributed by atoms with Crippen molar-refractivity contribution in [3.8, 4) is 0 Å². The second-order valence-electron chi connectivity index (χ2n) is 3.38. The lowest BCUT2D eigenvalue weighted by atomic mass is 9.82. The first-order valence-corrected chi connectivity index (χ1v) is 4.06. The highest BCUT2D eigenvalue weighted by atomic mass is 16.2. The van der Waals surface area contributed by atoms with Crippen molar-refractivity contribution in [2.24, 2.45) is 0 Å². The third-order valence-electron chi connectivity index (χ3n) is 1.65. The number of ketones is 2. The van der Waals surface area contributed by atoms with Gasteiger partial charge in [0.2, 0.25) is 11.6 Å². The number of carbonyl (C=O) groups excluding carboxylic acids is 2. The van der Waals surface area contributed by atoms with Gasteiger partial charge in [-0.1, -0.05) is 18.8 Å². The molecule has 0 radical (unpaired) electrons. The van der Waals surface area contributed by atoms with Crippen molar-refractivity contribution in [2.45, 2.75) is 19.2 Å². The fourth-order valence-corrected chi connectivity index (χ4v) is 1.15. The predicted octanol–water partition coefficient (Wildman–Crippen LogP) is 0.452. The fourth-order valence-electron chi connectivity index (χ4n) is 1.15. The molecule has 0 aromatic heterocycles. The average Bonchev–Trinajstić information content (AvgIpc) is 1.96. The van der Waals surface area contributed by atoms with Crippen LogP contribution in [0, 0.1) is 0 Å². The number of carbonyl (C=O) groups is 2. The maximum atomic E-state index is 10.9. The maximum absolute atomic E-state index is 10.9. The van der Waals surface area contributed by atoms with Gasteiger partial charge in [0.05, 0.1) is 0 Å². The van der Waals surface area contributed by atoms with E-state index in [0.29, 0.717) is 5.82 Å². The highest BCUT2D eigenvalue weighted by Crippen LogP contribution is 2.16. The van der Waals surface area contributed by atoms with Gasteiger partial charge >= 0.3 is 0 Å². The molecule has 0 saturated carbocycles. The van der Waals surface area contributed by atoms with Crippen LogP contribution >= 0.6 is 0 Å². The van der Waals surface area contributed by atoms with Crippen LogP contribution in [0.15, 0.2) is 23.8 Å². The molecule has 0 fully saturated rings. The van der Waals surface area contributed by atoms with E-state index in [1.807, 2.05) is 0 Å². The number of hydrogen-bond donors (Lipinski definition) is 0. The monoisotopic (exact) mass is 162 g/mol. The van der Waals surface area contributed by atoms with Crippen LogP contribution in [0.2, 0.25) is 5.82 Å². The summed E-state index contributed by atoms with van der Waals surface area (Å²) in [6, 6.07) is 0. The van der Waals surface area contributed by atoms with Crippen molar-refractivity contribution in [2.75, 3.05) is 0 Å². The highest BCUT2D eigenvalue weighted by molar-refractivity contribution is 6.46. The van der Waals surface area contributed by atoms with Gasteiger partial charge in [0, 0.05) is 0 Å². The predicted molar refractivity (Wildman–Crippen MR) is 49.8 cm³/mol. The normalized spacial score (nSPS) is 19.2. The second kappa shape index (κ2) is 3.52. The van der Waals surface area contributed by atoms with Crippen LogP contribution in [0.25, 0.3) is 0 Å². The molecule has 0 spiro atoms. The van der Waals surface area contributed by atoms with Crippen molar-refractivity contribution in [3.63, 3.8) is 0 Å². The lowest BCUT2D eigenvalue weighted by Crippen LogP contribution is -2.12. The Bertz CT molecular complexity index is 274. The number of rotatable bonds is 2. The standard InChI is InChI=1S/C9H11BO2/c1-6(10)4-7-2-3-8(11)9(12)5-7/h2-3,5-6H,4,10H2,1H3. The van der Waals surface area contributed by atoms with Crippen LogP contribution in [0.3, 0.4) is 0 Å². The van der Waals surface area contributed by atoms with Crippen LogP contribution in [-0.2, 0) is 9.59 Å². The summed E-state index contributed by atoms with van der Waals surface area (Å²) >= 11 is 0. The van der Waals surface area contributed by atoms with E-state index < -0.39 is 11.6 Å². The summed E-state index contributed by atoms with van der Waals surface area (Å²) in [6.07, 6.45) is 5.36. The largest absolute Gasteiger partial charge is 0.286 e. The minimum Gasteiger partial charge on any atom is -0.286 e. The molecule has 2 nitrogen and oxygen atoms in total. The Labute approximate surface area is 72.7 Å². The van der Waals surface area contributed by atoms with E-state index in [2.05, 4.69) is 14.8 Å². The zero-order valence-electron chi connectivity index (χ0n) is 7.33. The molecule has 0 amide bonds. The van der Waals surface area contributed by atoms with Crippen molar-refractivity contribution >= 4 is 19.4 Å². The Morgan fingerprint density at radius 3 is 2.50 bits per heavy atom. The van der Waals surface area contributed by atoms with Crippen LogP contribution in [0.5, 0.6) is 0 Å². The molecule has 0 bridgehead atoms. The van der Waals surface area contributed by atoms with E-state index in [-0.39, 0.29) is 0 Å². The van der Waals surface area contributed by atoms with E-state index in [0.717, 1.165) is 12.0 Å². The van der Waals surface area contributed by atoms with E-state index in [9.17, 15) is 9.59 Å². The molecular weight excluding hydrogens is 151 g/mol. The van der Waals surface area contributed by atoms with Crippen LogP contribution in [0.1, 0.15) is 13.3 Å². The molecule has 1 rings (SSSR count). The zero-order valence-corrected chi connectivity index (χ0v) is 7.33. The second-order valence-corrected chi connectivity index (χ2v) is 3.38. The molecule has 62 valence electrons. The molecule has 1 unspecified atom stereocenters. The summed E-state index contributed by atoms with van der Waals surface area (Å²) in [5.74, 6) is -0.294. The number of hydrogen-bond acceptors (Lipinski definition) is 2. The molecule has 0 saturated heterocycles. The van der Waals surface area contributed by atoms with E-state index in [1.165, 1.54) is 12.2 Å². The lowest BCUT2D eigenvalue weighted by Gasteiger charge is -2.07. The lowest BCUT2D eigenvalue weighted by molar-refractivity contribution is -0.131. The van der Waals surface area contributed by atoms with Crippen LogP contribution in [0.4, 0.5) is 0 Å². The van der Waals surface area contributed by atoms with Gasteiger partial charge in [0.1, 0.15) is 7.85 Å². The highest BCUT2D eigenvalue weighted by Gasteiger charge is 2.13. The Kier molecular flexibility index (Phi) is 2.63. The Balaban J connectivity index is 2.70. The van der Waals surface area contributed by atoms with Gasteiger partial charge in [-0.2, -0.15) is 0 Å². The fraction of sp³-hybridized carbons (Fsp3) is 0.333. The third-order valence-corrected chi connectivity index (χ3v) is 1.65. The minimum atomic E-state index is -0.414. The molecular formula is C9H11BO2. The summed E-state index contributed by atoms with van der Waals surface area (Å²) in [4.78, 5) is 21.7. The van der Waals surface area contributed by atoms with Gasteiger partial charge in [-0.3, -0.25) is 9.59 Å². The first-order valence-electron chi connectivity index (χ1n) is 4.06. The molecule has 0 heterocycles. The first kappa shape index (κ1) is 8.98. The van der Waals surface area contributed by atoms with Crippen LogP contribution < -0.4 is 0 Å². The summed E-state index contributed by atoms with van der Waals surface area (Å²) in [6.45, 7) is 2.08. The van der Waals surface area contributed by atoms with E-state index >= 15 is 0 Å². The van der Waals surface area contributed by atoms with Gasteiger partial charge in [-0.05, 0) is 24.1 Å². The Hall–Kier alpha value is -1.12. The first-order chi connectivity index (χ1) is 5.59. The molecule has 1 atom stereocenters. The third kappa shape index (κ3) is 2.19. The van der Waals surface area contributed by atoms with Gasteiger partial charge in [0.15, 0.2) is 0 Å². The summed E-state index contributed by atoms with van der Waals surface area (Å²) in [7, 11) is 2.08. The zero-order chi connectivity index (χ0) is 9.14. The van der Waals surface area contributed by atoms with E-state index in [1.54, 1.807) is 6.08 Å². The average molecular weight is 162 g/mol. The molecule has 0 aromatic rings. The smallest absolute Gasteiger partial charge is 0.225 e. The molecule has 0 aliphatic heterocycles. The summed E-state index contributed by atoms with van der Waals surface area (Å²) in [5, 5.41) is 0.